The Morgan fingerprint density at radius 2 is 2.33 bits per heavy atom. The first-order chi connectivity index (χ1) is 7.45. The summed E-state index contributed by atoms with van der Waals surface area (Å²) in [6.07, 6.45) is 13.9. The molecule has 4 nitrogen and oxygen atoms in total. The third-order valence-corrected chi connectivity index (χ3v) is 2.59. The average Bonchev–Trinajstić information content (AvgIpc) is 2.32. The van der Waals surface area contributed by atoms with Crippen LogP contribution in [0, 0.1) is 0 Å². The fourth-order valence-electron chi connectivity index (χ4n) is 1.73. The van der Waals surface area contributed by atoms with Crippen LogP contribution in [0.25, 0.3) is 0 Å². The molecule has 0 saturated carbocycles. The summed E-state index contributed by atoms with van der Waals surface area (Å²) in [5.41, 5.74) is 3.13. The zero-order chi connectivity index (χ0) is 10.3. The van der Waals surface area contributed by atoms with Crippen molar-refractivity contribution in [3.8, 4) is 0 Å². The quantitative estimate of drug-likeness (QED) is 0.470. The lowest BCUT2D eigenvalue weighted by molar-refractivity contribution is 0.350. The smallest absolute Gasteiger partial charge is 0.0933 e. The highest BCUT2D eigenvalue weighted by atomic mass is 15.4. The molecule has 2 unspecified atom stereocenters. The van der Waals surface area contributed by atoms with Gasteiger partial charge in [-0.2, -0.15) is 5.10 Å². The van der Waals surface area contributed by atoms with E-state index in [9.17, 15) is 0 Å². The summed E-state index contributed by atoms with van der Waals surface area (Å²) in [5.74, 6) is 0. The molecule has 2 aliphatic heterocycles. The van der Waals surface area contributed by atoms with Gasteiger partial charge < -0.3 is 5.32 Å². The number of hydrogen-bond donors (Lipinski definition) is 3. The fourth-order valence-corrected chi connectivity index (χ4v) is 1.73. The third-order valence-electron chi connectivity index (χ3n) is 2.59. The Labute approximate surface area is 90.5 Å². The summed E-state index contributed by atoms with van der Waals surface area (Å²) in [4.78, 5) is 0. The van der Waals surface area contributed by atoms with E-state index in [4.69, 9.17) is 0 Å². The van der Waals surface area contributed by atoms with Gasteiger partial charge in [0.25, 0.3) is 0 Å². The van der Waals surface area contributed by atoms with E-state index in [0.717, 1.165) is 13.0 Å². The molecule has 0 radical (unpaired) electrons. The lowest BCUT2D eigenvalue weighted by Gasteiger charge is -2.22. The van der Waals surface area contributed by atoms with Crippen molar-refractivity contribution in [2.24, 2.45) is 5.10 Å². The van der Waals surface area contributed by atoms with Crippen LogP contribution in [0.15, 0.2) is 29.5 Å². The number of allylic oxidation sites excluding steroid dienone is 2. The van der Waals surface area contributed by atoms with Gasteiger partial charge in [0.15, 0.2) is 0 Å². The van der Waals surface area contributed by atoms with E-state index in [1.807, 2.05) is 24.6 Å². The molecule has 0 spiro atoms. The predicted molar refractivity (Wildman–Crippen MR) is 62.5 cm³/mol. The maximum atomic E-state index is 4.23. The topological polar surface area (TPSA) is 48.5 Å². The summed E-state index contributed by atoms with van der Waals surface area (Å²) in [6.45, 7) is 1.09. The van der Waals surface area contributed by atoms with E-state index in [1.165, 1.54) is 12.8 Å². The summed E-state index contributed by atoms with van der Waals surface area (Å²) >= 11 is 0. The fraction of sp³-hybridized carbons (Fsp3) is 0.545. The van der Waals surface area contributed by atoms with Gasteiger partial charge in [0.1, 0.15) is 0 Å². The molecule has 0 bridgehead atoms. The molecular formula is C11H18N4. The minimum atomic E-state index is 0.214. The maximum Gasteiger partial charge on any atom is 0.0933 e. The second-order valence-electron chi connectivity index (χ2n) is 3.85. The Morgan fingerprint density at radius 3 is 3.07 bits per heavy atom. The highest BCUT2D eigenvalue weighted by Gasteiger charge is 2.10. The molecule has 2 heterocycles. The standard InChI is InChI=1S/C11H18N4/c1-3-7-12-10(5-1)9-14-15-11-6-2-4-8-13-11/h1,3,5,7,9-13,15H,2,4,6,8H2/b14-9+. The zero-order valence-corrected chi connectivity index (χ0v) is 8.82. The molecular weight excluding hydrogens is 188 g/mol. The number of nitrogens with zero attached hydrogens (tertiary/aromatic N) is 1. The zero-order valence-electron chi connectivity index (χ0n) is 8.82. The van der Waals surface area contributed by atoms with Gasteiger partial charge in [0.2, 0.25) is 0 Å². The van der Waals surface area contributed by atoms with E-state index < -0.39 is 0 Å². The first-order valence-corrected chi connectivity index (χ1v) is 5.56. The van der Waals surface area contributed by atoms with Gasteiger partial charge in [-0.25, -0.2) is 0 Å². The number of rotatable bonds is 3. The van der Waals surface area contributed by atoms with E-state index in [2.05, 4.69) is 27.2 Å². The van der Waals surface area contributed by atoms with Crippen molar-refractivity contribution in [3.05, 3.63) is 24.4 Å². The van der Waals surface area contributed by atoms with E-state index in [-0.39, 0.29) is 6.04 Å². The number of dihydropyridines is 1. The molecule has 4 heteroatoms. The Balaban J connectivity index is 1.69. The van der Waals surface area contributed by atoms with Crippen LogP contribution in [0.3, 0.4) is 0 Å². The Bertz CT molecular complexity index is 264. The van der Waals surface area contributed by atoms with Gasteiger partial charge in [-0.3, -0.25) is 10.7 Å². The minimum absolute atomic E-state index is 0.214. The monoisotopic (exact) mass is 206 g/mol. The summed E-state index contributed by atoms with van der Waals surface area (Å²) < 4.78 is 0. The molecule has 0 aromatic rings. The van der Waals surface area contributed by atoms with Crippen LogP contribution in [0.4, 0.5) is 0 Å². The molecule has 1 saturated heterocycles. The highest BCUT2D eigenvalue weighted by Crippen LogP contribution is 2.03. The van der Waals surface area contributed by atoms with Crippen LogP contribution < -0.4 is 16.1 Å². The summed E-state index contributed by atoms with van der Waals surface area (Å²) in [7, 11) is 0. The summed E-state index contributed by atoms with van der Waals surface area (Å²) in [5, 5.41) is 10.8. The van der Waals surface area contributed by atoms with Gasteiger partial charge in [-0.1, -0.05) is 12.2 Å². The first-order valence-electron chi connectivity index (χ1n) is 5.56. The molecule has 82 valence electrons. The lowest BCUT2D eigenvalue weighted by atomic mass is 10.1. The van der Waals surface area contributed by atoms with Gasteiger partial charge in [-0.15, -0.1) is 0 Å². The van der Waals surface area contributed by atoms with E-state index in [0.29, 0.717) is 6.17 Å². The maximum absolute atomic E-state index is 4.23. The van der Waals surface area contributed by atoms with Gasteiger partial charge in [-0.05, 0) is 38.1 Å². The first kappa shape index (κ1) is 10.2. The summed E-state index contributed by atoms with van der Waals surface area (Å²) in [6, 6.07) is 0.214. The number of hydrazone groups is 1. The molecule has 15 heavy (non-hydrogen) atoms. The Morgan fingerprint density at radius 1 is 1.33 bits per heavy atom. The number of hydrogen-bond acceptors (Lipinski definition) is 4. The molecule has 0 amide bonds. The molecule has 2 atom stereocenters. The van der Waals surface area contributed by atoms with Crippen molar-refractivity contribution in [2.75, 3.05) is 6.54 Å². The third kappa shape index (κ3) is 3.40. The Kier molecular flexibility index (Phi) is 3.79. The molecule has 0 aromatic carbocycles. The SMILES string of the molecule is C1=CNC(/C=N/NC2CCCCN2)C=C1. The molecule has 1 fully saturated rings. The van der Waals surface area contributed by atoms with E-state index in [1.54, 1.807) is 0 Å². The van der Waals surface area contributed by atoms with Gasteiger partial charge in [0, 0.05) is 0 Å². The second-order valence-corrected chi connectivity index (χ2v) is 3.85. The van der Waals surface area contributed by atoms with Crippen LogP contribution in [0.2, 0.25) is 0 Å². The largest absolute Gasteiger partial charge is 0.380 e. The normalized spacial score (nSPS) is 30.4. The predicted octanol–water partition coefficient (Wildman–Crippen LogP) is 0.703. The van der Waals surface area contributed by atoms with Crippen molar-refractivity contribution in [2.45, 2.75) is 31.5 Å². The highest BCUT2D eigenvalue weighted by molar-refractivity contribution is 5.67. The van der Waals surface area contributed by atoms with Crippen LogP contribution in [0.1, 0.15) is 19.3 Å². The molecule has 0 aromatic heterocycles. The van der Waals surface area contributed by atoms with Crippen LogP contribution in [0.5, 0.6) is 0 Å². The van der Waals surface area contributed by atoms with Crippen LogP contribution in [-0.4, -0.2) is 25.0 Å². The van der Waals surface area contributed by atoms with Crippen molar-refractivity contribution < 1.29 is 0 Å². The molecule has 2 aliphatic rings. The minimum Gasteiger partial charge on any atom is -0.380 e. The van der Waals surface area contributed by atoms with E-state index >= 15 is 0 Å². The van der Waals surface area contributed by atoms with Gasteiger partial charge in [0.05, 0.1) is 18.4 Å². The van der Waals surface area contributed by atoms with Crippen molar-refractivity contribution in [1.29, 1.82) is 0 Å². The molecule has 2 rings (SSSR count). The van der Waals surface area contributed by atoms with Crippen LogP contribution >= 0.6 is 0 Å². The van der Waals surface area contributed by atoms with Crippen molar-refractivity contribution in [3.63, 3.8) is 0 Å². The molecule has 3 N–H and O–H groups in total. The lowest BCUT2D eigenvalue weighted by Crippen LogP contribution is -2.43. The number of piperidine rings is 1. The van der Waals surface area contributed by atoms with Crippen LogP contribution in [-0.2, 0) is 0 Å². The number of nitrogens with one attached hydrogen (secondary N) is 3. The average molecular weight is 206 g/mol. The van der Waals surface area contributed by atoms with Gasteiger partial charge >= 0.3 is 0 Å². The van der Waals surface area contributed by atoms with Crippen molar-refractivity contribution >= 4 is 6.21 Å². The Hall–Kier alpha value is -1.29. The molecule has 0 aliphatic carbocycles. The van der Waals surface area contributed by atoms with Crippen molar-refractivity contribution in [1.82, 2.24) is 16.1 Å². The second kappa shape index (κ2) is 5.56.